The van der Waals surface area contributed by atoms with E-state index in [1.54, 1.807) is 12.4 Å². The van der Waals surface area contributed by atoms with E-state index in [-0.39, 0.29) is 0 Å². The Labute approximate surface area is 157 Å². The van der Waals surface area contributed by atoms with Gasteiger partial charge in [-0.1, -0.05) is 5.16 Å². The molecule has 0 amide bonds. The van der Waals surface area contributed by atoms with Gasteiger partial charge in [-0.2, -0.15) is 0 Å². The molecule has 0 atom stereocenters. The highest BCUT2D eigenvalue weighted by Gasteiger charge is 2.14. The second kappa shape index (κ2) is 8.24. The first-order valence-corrected chi connectivity index (χ1v) is 8.96. The molecule has 4 rings (SSSR count). The Kier molecular flexibility index (Phi) is 5.36. The zero-order valence-electron chi connectivity index (χ0n) is 15.3. The van der Waals surface area contributed by atoms with Gasteiger partial charge in [0.05, 0.1) is 19.8 Å². The minimum absolute atomic E-state index is 0.651. The molecule has 8 nitrogen and oxygen atoms in total. The zero-order valence-corrected chi connectivity index (χ0v) is 15.3. The first-order chi connectivity index (χ1) is 13.3. The van der Waals surface area contributed by atoms with Crippen molar-refractivity contribution in [2.75, 3.05) is 38.3 Å². The lowest BCUT2D eigenvalue weighted by atomic mass is 10.2. The average molecular weight is 366 g/mol. The normalized spacial score (nSPS) is 14.7. The molecule has 140 valence electrons. The maximum absolute atomic E-state index is 5.46. The Morgan fingerprint density at radius 1 is 1.11 bits per heavy atom. The van der Waals surface area contributed by atoms with Crippen LogP contribution in [0.15, 0.2) is 47.5 Å². The molecule has 0 unspecified atom stereocenters. The molecule has 27 heavy (non-hydrogen) atoms. The summed E-state index contributed by atoms with van der Waals surface area (Å²) in [6, 6.07) is 5.80. The number of morpholine rings is 1. The summed E-state index contributed by atoms with van der Waals surface area (Å²) in [6.45, 7) is 4.51. The molecule has 0 aromatic carbocycles. The van der Waals surface area contributed by atoms with E-state index in [2.05, 4.69) is 29.9 Å². The fraction of sp³-hybridized carbons (Fsp3) is 0.368. The van der Waals surface area contributed by atoms with Crippen LogP contribution >= 0.6 is 0 Å². The third kappa shape index (κ3) is 4.47. The van der Waals surface area contributed by atoms with E-state index >= 15 is 0 Å². The Balaban J connectivity index is 1.34. The highest BCUT2D eigenvalue weighted by atomic mass is 16.5. The van der Waals surface area contributed by atoms with Crippen LogP contribution in [0.5, 0.6) is 0 Å². The molecule has 0 bridgehead atoms. The van der Waals surface area contributed by atoms with Crippen LogP contribution in [0.4, 0.5) is 5.95 Å². The smallest absolute Gasteiger partial charge is 0.225 e. The van der Waals surface area contributed by atoms with Gasteiger partial charge >= 0.3 is 0 Å². The summed E-state index contributed by atoms with van der Waals surface area (Å²) in [6.07, 6.45) is 7.29. The first kappa shape index (κ1) is 17.6. The second-order valence-electron chi connectivity index (χ2n) is 6.58. The van der Waals surface area contributed by atoms with Gasteiger partial charge in [-0.25, -0.2) is 9.97 Å². The lowest BCUT2D eigenvalue weighted by molar-refractivity contribution is 0.122. The monoisotopic (exact) mass is 366 g/mol. The molecule has 4 heterocycles. The molecule has 1 aliphatic heterocycles. The highest BCUT2D eigenvalue weighted by molar-refractivity contribution is 5.57. The van der Waals surface area contributed by atoms with Crippen LogP contribution in [-0.4, -0.2) is 58.4 Å². The van der Waals surface area contributed by atoms with Gasteiger partial charge in [0.1, 0.15) is 5.69 Å². The van der Waals surface area contributed by atoms with E-state index in [4.69, 9.17) is 9.26 Å². The fourth-order valence-electron chi connectivity index (χ4n) is 3.03. The van der Waals surface area contributed by atoms with Gasteiger partial charge in [0.2, 0.25) is 5.95 Å². The molecule has 1 fully saturated rings. The van der Waals surface area contributed by atoms with E-state index in [0.717, 1.165) is 61.4 Å². The SMILES string of the molecule is CN(Cc1cnc(N2CCOCC2)nc1)Cc1cc(-c2cccnc2)no1. The largest absolute Gasteiger partial charge is 0.378 e. The van der Waals surface area contributed by atoms with E-state index in [0.29, 0.717) is 6.54 Å². The summed E-state index contributed by atoms with van der Waals surface area (Å²) in [5, 5.41) is 4.13. The lowest BCUT2D eigenvalue weighted by Crippen LogP contribution is -2.37. The summed E-state index contributed by atoms with van der Waals surface area (Å²) in [5.41, 5.74) is 2.80. The third-order valence-electron chi connectivity index (χ3n) is 4.38. The van der Waals surface area contributed by atoms with Gasteiger partial charge in [0, 0.05) is 61.6 Å². The lowest BCUT2D eigenvalue weighted by Gasteiger charge is -2.26. The van der Waals surface area contributed by atoms with E-state index in [9.17, 15) is 0 Å². The fourth-order valence-corrected chi connectivity index (χ4v) is 3.03. The summed E-state index contributed by atoms with van der Waals surface area (Å²) < 4.78 is 10.8. The van der Waals surface area contributed by atoms with Crippen LogP contribution in [0, 0.1) is 0 Å². The molecule has 0 saturated carbocycles. The molecule has 0 aliphatic carbocycles. The topological polar surface area (TPSA) is 80.4 Å². The third-order valence-corrected chi connectivity index (χ3v) is 4.38. The number of pyridine rings is 1. The number of nitrogens with zero attached hydrogens (tertiary/aromatic N) is 6. The molecule has 0 spiro atoms. The minimum Gasteiger partial charge on any atom is -0.378 e. The number of hydrogen-bond donors (Lipinski definition) is 0. The van der Waals surface area contributed by atoms with Crippen molar-refractivity contribution in [3.63, 3.8) is 0 Å². The number of anilines is 1. The van der Waals surface area contributed by atoms with Crippen LogP contribution < -0.4 is 4.90 Å². The average Bonchev–Trinajstić information content (AvgIpc) is 3.18. The second-order valence-corrected chi connectivity index (χ2v) is 6.58. The van der Waals surface area contributed by atoms with Crippen molar-refractivity contribution < 1.29 is 9.26 Å². The van der Waals surface area contributed by atoms with Gasteiger partial charge in [0.15, 0.2) is 5.76 Å². The van der Waals surface area contributed by atoms with Gasteiger partial charge in [-0.15, -0.1) is 0 Å². The molecule has 1 saturated heterocycles. The van der Waals surface area contributed by atoms with Crippen molar-refractivity contribution in [1.82, 2.24) is 25.0 Å². The molecule has 0 N–H and O–H groups in total. The van der Waals surface area contributed by atoms with Crippen LogP contribution in [-0.2, 0) is 17.8 Å². The molecule has 0 radical (unpaired) electrons. The van der Waals surface area contributed by atoms with Crippen LogP contribution in [0.3, 0.4) is 0 Å². The van der Waals surface area contributed by atoms with Crippen LogP contribution in [0.1, 0.15) is 11.3 Å². The van der Waals surface area contributed by atoms with Gasteiger partial charge in [-0.3, -0.25) is 9.88 Å². The van der Waals surface area contributed by atoms with Crippen molar-refractivity contribution in [1.29, 1.82) is 0 Å². The molecule has 1 aliphatic rings. The minimum atomic E-state index is 0.651. The van der Waals surface area contributed by atoms with Gasteiger partial charge in [0.25, 0.3) is 0 Å². The Bertz CT molecular complexity index is 846. The standard InChI is InChI=1S/C19H22N6O2/c1-24(14-17-9-18(23-27-17)16-3-2-4-20-12-16)13-15-10-21-19(22-11-15)25-5-7-26-8-6-25/h2-4,9-12H,5-8,13-14H2,1H3. The Morgan fingerprint density at radius 3 is 2.67 bits per heavy atom. The van der Waals surface area contributed by atoms with E-state index in [1.807, 2.05) is 37.6 Å². The summed E-state index contributed by atoms with van der Waals surface area (Å²) >= 11 is 0. The predicted molar refractivity (Wildman–Crippen MR) is 100.0 cm³/mol. The number of ether oxygens (including phenoxy) is 1. The maximum Gasteiger partial charge on any atom is 0.225 e. The highest BCUT2D eigenvalue weighted by Crippen LogP contribution is 2.19. The maximum atomic E-state index is 5.46. The summed E-state index contributed by atoms with van der Waals surface area (Å²) in [7, 11) is 2.03. The molecule has 3 aromatic rings. The first-order valence-electron chi connectivity index (χ1n) is 8.96. The van der Waals surface area contributed by atoms with Gasteiger partial charge < -0.3 is 14.2 Å². The van der Waals surface area contributed by atoms with E-state index < -0.39 is 0 Å². The summed E-state index contributed by atoms with van der Waals surface area (Å²) in [5.74, 6) is 1.57. The molecular weight excluding hydrogens is 344 g/mol. The zero-order chi connectivity index (χ0) is 18.5. The van der Waals surface area contributed by atoms with Gasteiger partial charge in [-0.05, 0) is 19.2 Å². The number of aromatic nitrogens is 4. The van der Waals surface area contributed by atoms with Crippen LogP contribution in [0.25, 0.3) is 11.3 Å². The Morgan fingerprint density at radius 2 is 1.93 bits per heavy atom. The molecule has 3 aromatic heterocycles. The number of rotatable bonds is 6. The van der Waals surface area contributed by atoms with E-state index in [1.165, 1.54) is 0 Å². The van der Waals surface area contributed by atoms with Crippen molar-refractivity contribution in [2.24, 2.45) is 0 Å². The molecule has 8 heteroatoms. The van der Waals surface area contributed by atoms with Crippen molar-refractivity contribution in [2.45, 2.75) is 13.1 Å². The van der Waals surface area contributed by atoms with Crippen molar-refractivity contribution in [3.8, 4) is 11.3 Å². The number of hydrogen-bond acceptors (Lipinski definition) is 8. The quantitative estimate of drug-likeness (QED) is 0.655. The van der Waals surface area contributed by atoms with Crippen molar-refractivity contribution >= 4 is 5.95 Å². The Hall–Kier alpha value is -2.84. The predicted octanol–water partition coefficient (Wildman–Crippen LogP) is 2.00. The summed E-state index contributed by atoms with van der Waals surface area (Å²) in [4.78, 5) is 17.4. The molecular formula is C19H22N6O2. The van der Waals surface area contributed by atoms with Crippen molar-refractivity contribution in [3.05, 3.63) is 54.3 Å². The van der Waals surface area contributed by atoms with Crippen LogP contribution in [0.2, 0.25) is 0 Å².